The lowest BCUT2D eigenvalue weighted by Gasteiger charge is -2.18. The molecule has 0 aliphatic rings. The van der Waals surface area contributed by atoms with Crippen LogP contribution in [0.2, 0.25) is 0 Å². The fourth-order valence-corrected chi connectivity index (χ4v) is 4.11. The van der Waals surface area contributed by atoms with E-state index in [2.05, 4.69) is 35.6 Å². The van der Waals surface area contributed by atoms with Gasteiger partial charge in [0.15, 0.2) is 0 Å². The first kappa shape index (κ1) is 22.0. The molecule has 0 bridgehead atoms. The molecule has 1 aromatic carbocycles. The average molecular weight is 451 g/mol. The van der Waals surface area contributed by atoms with E-state index < -0.39 is 0 Å². The van der Waals surface area contributed by atoms with Crippen LogP contribution in [0.15, 0.2) is 48.8 Å². The van der Waals surface area contributed by atoms with Crippen LogP contribution in [-0.2, 0) is 0 Å². The largest absolute Gasteiger partial charge is 0.492 e. The molecule has 3 aromatic heterocycles. The molecule has 8 nitrogen and oxygen atoms in total. The van der Waals surface area contributed by atoms with E-state index in [-0.39, 0.29) is 0 Å². The van der Waals surface area contributed by atoms with E-state index in [9.17, 15) is 0 Å². The molecule has 0 saturated heterocycles. The Hall–Kier alpha value is -3.17. The lowest BCUT2D eigenvalue weighted by molar-refractivity contribution is -0.734. The zero-order valence-electron chi connectivity index (χ0n) is 18.9. The van der Waals surface area contributed by atoms with Crippen LogP contribution in [0.1, 0.15) is 24.4 Å². The van der Waals surface area contributed by atoms with Crippen molar-refractivity contribution in [3.8, 4) is 28.0 Å². The first-order valence-corrected chi connectivity index (χ1v) is 11.6. The second-order valence-electron chi connectivity index (χ2n) is 7.35. The number of tetrazole rings is 1. The van der Waals surface area contributed by atoms with Gasteiger partial charge in [-0.2, -0.15) is 0 Å². The maximum Gasteiger partial charge on any atom is 0.364 e. The van der Waals surface area contributed by atoms with Crippen LogP contribution in [0.4, 0.5) is 0 Å². The van der Waals surface area contributed by atoms with Crippen molar-refractivity contribution in [3.05, 3.63) is 59.4 Å². The fraction of sp³-hybridized carbons (Fsp3) is 0.348. The number of hydrogen-bond acceptors (Lipinski definition) is 7. The predicted octanol–water partition coefficient (Wildman–Crippen LogP) is 3.40. The number of nitrogens with zero attached hydrogens (tertiary/aromatic N) is 7. The van der Waals surface area contributed by atoms with Crippen molar-refractivity contribution in [2.75, 3.05) is 26.2 Å². The van der Waals surface area contributed by atoms with Gasteiger partial charge in [-0.3, -0.25) is 4.98 Å². The molecule has 0 amide bonds. The van der Waals surface area contributed by atoms with Gasteiger partial charge in [0, 0.05) is 28.3 Å². The molecule has 0 spiro atoms. The third kappa shape index (κ3) is 4.84. The second kappa shape index (κ2) is 9.97. The number of ether oxygens (including phenoxy) is 1. The Labute approximate surface area is 192 Å². The van der Waals surface area contributed by atoms with E-state index in [0.717, 1.165) is 52.3 Å². The number of thiazole rings is 1. The third-order valence-electron chi connectivity index (χ3n) is 5.29. The standard InChI is InChI=1S/C23H28N7OS/c1-5-28(6-2)13-14-31-21-11-7-9-19(15-21)22-26-29(20-10-8-12-24-16-20)30(27-22)23-25-17(3)18(4)32-23/h7-12,15-16H,5-6,13-14H2,1-4H3/q+1. The SMILES string of the molecule is CCN(CC)CCOc1cccc(-c2nn(-c3cccnc3)[n+](-c3nc(C)c(C)s3)n2)c1. The molecular weight excluding hydrogens is 422 g/mol. The fourth-order valence-electron chi connectivity index (χ4n) is 3.26. The highest BCUT2D eigenvalue weighted by Gasteiger charge is 2.25. The van der Waals surface area contributed by atoms with Gasteiger partial charge in [0.05, 0.1) is 6.20 Å². The molecule has 3 heterocycles. The van der Waals surface area contributed by atoms with Crippen LogP contribution >= 0.6 is 11.3 Å². The smallest absolute Gasteiger partial charge is 0.364 e. The Morgan fingerprint density at radius 1 is 1.12 bits per heavy atom. The van der Waals surface area contributed by atoms with Crippen molar-refractivity contribution in [2.45, 2.75) is 27.7 Å². The van der Waals surface area contributed by atoms with E-state index in [4.69, 9.17) is 14.9 Å². The van der Waals surface area contributed by atoms with E-state index >= 15 is 0 Å². The van der Waals surface area contributed by atoms with Crippen molar-refractivity contribution in [3.63, 3.8) is 0 Å². The normalized spacial score (nSPS) is 11.3. The molecule has 4 rings (SSSR count). The van der Waals surface area contributed by atoms with Crippen molar-refractivity contribution in [2.24, 2.45) is 0 Å². The minimum Gasteiger partial charge on any atom is -0.492 e. The zero-order chi connectivity index (χ0) is 22.5. The summed E-state index contributed by atoms with van der Waals surface area (Å²) in [4.78, 5) is 15.9. The lowest BCUT2D eigenvalue weighted by atomic mass is 10.2. The molecule has 32 heavy (non-hydrogen) atoms. The van der Waals surface area contributed by atoms with Crippen LogP contribution < -0.4 is 9.53 Å². The van der Waals surface area contributed by atoms with Gasteiger partial charge in [-0.05, 0) is 72.0 Å². The lowest BCUT2D eigenvalue weighted by Crippen LogP contribution is -2.43. The van der Waals surface area contributed by atoms with Gasteiger partial charge in [0.25, 0.3) is 5.82 Å². The minimum absolute atomic E-state index is 0.591. The first-order chi connectivity index (χ1) is 15.6. The molecule has 0 saturated carbocycles. The molecule has 0 atom stereocenters. The molecule has 0 aliphatic carbocycles. The molecule has 166 valence electrons. The summed E-state index contributed by atoms with van der Waals surface area (Å²) in [5.41, 5.74) is 2.68. The van der Waals surface area contributed by atoms with Crippen molar-refractivity contribution in [1.82, 2.24) is 29.9 Å². The Bertz CT molecular complexity index is 1150. The first-order valence-electron chi connectivity index (χ1n) is 10.8. The summed E-state index contributed by atoms with van der Waals surface area (Å²) >= 11 is 1.58. The molecular formula is C23H28N7OS+. The van der Waals surface area contributed by atoms with Gasteiger partial charge in [-0.15, -0.1) is 0 Å². The monoisotopic (exact) mass is 450 g/mol. The summed E-state index contributed by atoms with van der Waals surface area (Å²) in [6, 6.07) is 11.7. The Kier molecular flexibility index (Phi) is 6.87. The van der Waals surface area contributed by atoms with E-state index in [1.165, 1.54) is 0 Å². The topological polar surface area (TPSA) is 72.8 Å². The maximum absolute atomic E-state index is 6.00. The number of rotatable bonds is 9. The molecule has 0 fully saturated rings. The second-order valence-corrected chi connectivity index (χ2v) is 8.54. The highest BCUT2D eigenvalue weighted by Crippen LogP contribution is 2.22. The minimum atomic E-state index is 0.591. The third-order valence-corrected chi connectivity index (χ3v) is 6.33. The molecule has 0 aliphatic heterocycles. The van der Waals surface area contributed by atoms with Crippen molar-refractivity contribution in [1.29, 1.82) is 0 Å². The predicted molar refractivity (Wildman–Crippen MR) is 125 cm³/mol. The number of aryl methyl sites for hydroxylation is 2. The summed E-state index contributed by atoms with van der Waals surface area (Å²) in [5.74, 6) is 1.40. The van der Waals surface area contributed by atoms with E-state index in [1.54, 1.807) is 33.3 Å². The zero-order valence-corrected chi connectivity index (χ0v) is 19.7. The summed E-state index contributed by atoms with van der Waals surface area (Å²) in [6.45, 7) is 12.0. The molecule has 0 N–H and O–H groups in total. The number of benzene rings is 1. The van der Waals surface area contributed by atoms with Crippen LogP contribution in [0, 0.1) is 13.8 Å². The number of pyridine rings is 1. The number of hydrogen-bond donors (Lipinski definition) is 0. The van der Waals surface area contributed by atoms with E-state index in [0.29, 0.717) is 12.4 Å². The molecule has 0 radical (unpaired) electrons. The van der Waals surface area contributed by atoms with Crippen LogP contribution in [0.3, 0.4) is 0 Å². The van der Waals surface area contributed by atoms with Gasteiger partial charge in [-0.25, -0.2) is 0 Å². The van der Waals surface area contributed by atoms with Crippen LogP contribution in [0.25, 0.3) is 22.2 Å². The quantitative estimate of drug-likeness (QED) is 0.364. The summed E-state index contributed by atoms with van der Waals surface area (Å²) < 4.78 is 6.00. The molecule has 9 heteroatoms. The van der Waals surface area contributed by atoms with Gasteiger partial charge in [0.2, 0.25) is 0 Å². The maximum atomic E-state index is 6.00. The number of likely N-dealkylation sites (N-methyl/N-ethyl adjacent to an activating group) is 1. The Balaban J connectivity index is 1.66. The Morgan fingerprint density at radius 2 is 1.97 bits per heavy atom. The van der Waals surface area contributed by atoms with Crippen LogP contribution in [0.5, 0.6) is 5.75 Å². The van der Waals surface area contributed by atoms with E-state index in [1.807, 2.05) is 43.3 Å². The van der Waals surface area contributed by atoms with Gasteiger partial charge in [0.1, 0.15) is 23.7 Å². The van der Waals surface area contributed by atoms with Crippen LogP contribution in [-0.4, -0.2) is 56.1 Å². The highest BCUT2D eigenvalue weighted by molar-refractivity contribution is 7.13. The summed E-state index contributed by atoms with van der Waals surface area (Å²) in [6.07, 6.45) is 3.50. The Morgan fingerprint density at radius 3 is 2.66 bits per heavy atom. The summed E-state index contributed by atoms with van der Waals surface area (Å²) in [5, 5.41) is 10.3. The average Bonchev–Trinajstić information content (AvgIpc) is 3.41. The molecule has 0 unspecified atom stereocenters. The van der Waals surface area contributed by atoms with Crippen molar-refractivity contribution < 1.29 is 9.53 Å². The highest BCUT2D eigenvalue weighted by atomic mass is 32.1. The molecule has 4 aromatic rings. The van der Waals surface area contributed by atoms with Crippen molar-refractivity contribution >= 4 is 11.3 Å². The van der Waals surface area contributed by atoms with Gasteiger partial charge >= 0.3 is 5.13 Å². The van der Waals surface area contributed by atoms with Gasteiger partial charge in [-0.1, -0.05) is 36.2 Å². The number of aromatic nitrogens is 6. The van der Waals surface area contributed by atoms with Gasteiger partial charge < -0.3 is 9.64 Å². The summed E-state index contributed by atoms with van der Waals surface area (Å²) in [7, 11) is 0.